The number of benzene rings is 1. The number of hydrogen-bond acceptors (Lipinski definition) is 7. The van der Waals surface area contributed by atoms with E-state index in [1.807, 2.05) is 12.1 Å². The molecule has 0 radical (unpaired) electrons. The average Bonchev–Trinajstić information content (AvgIpc) is 3.03. The maximum absolute atomic E-state index is 12.1. The number of esters is 1. The monoisotopic (exact) mass is 388 g/mol. The summed E-state index contributed by atoms with van der Waals surface area (Å²) < 4.78 is 5.02. The molecule has 0 saturated carbocycles. The molecular weight excluding hydrogens is 368 g/mol. The third-order valence-electron chi connectivity index (χ3n) is 3.76. The third kappa shape index (κ3) is 5.68. The molecule has 0 aliphatic rings. The van der Waals surface area contributed by atoms with Gasteiger partial charge in [0.25, 0.3) is 0 Å². The Morgan fingerprint density at radius 1 is 1.31 bits per heavy atom. The second kappa shape index (κ2) is 9.51. The van der Waals surface area contributed by atoms with Gasteiger partial charge in [-0.2, -0.15) is 5.26 Å². The standard InChI is InChI=1S/C19H20N2O3S2/c1-12-4-5-15(8-13(12)2)25-7-6-18(23)24-10-17(22)16(9-20)19-21-14(3)11-26-19/h4-5,8,11,16H,6-7,10H2,1-3H3/t16-/m0/s1. The lowest BCUT2D eigenvalue weighted by Crippen LogP contribution is -2.20. The summed E-state index contributed by atoms with van der Waals surface area (Å²) in [5.74, 6) is -1.30. The van der Waals surface area contributed by atoms with Crippen LogP contribution in [0.25, 0.3) is 0 Å². The first kappa shape index (κ1) is 20.1. The number of rotatable bonds is 8. The molecule has 1 aromatic heterocycles. The Labute approximate surface area is 161 Å². The van der Waals surface area contributed by atoms with Crippen LogP contribution in [0.1, 0.15) is 34.2 Å². The first-order valence-corrected chi connectivity index (χ1v) is 9.97. The van der Waals surface area contributed by atoms with Crippen molar-refractivity contribution < 1.29 is 14.3 Å². The minimum Gasteiger partial charge on any atom is -0.458 e. The number of ether oxygens (including phenoxy) is 1. The highest BCUT2D eigenvalue weighted by molar-refractivity contribution is 7.99. The molecule has 0 fully saturated rings. The van der Waals surface area contributed by atoms with Gasteiger partial charge >= 0.3 is 5.97 Å². The molecule has 0 unspecified atom stereocenters. The molecule has 0 bridgehead atoms. The molecule has 136 valence electrons. The molecule has 26 heavy (non-hydrogen) atoms. The van der Waals surface area contributed by atoms with E-state index in [-0.39, 0.29) is 6.42 Å². The van der Waals surface area contributed by atoms with Crippen molar-refractivity contribution in [3.05, 3.63) is 45.4 Å². The van der Waals surface area contributed by atoms with E-state index in [9.17, 15) is 14.9 Å². The largest absolute Gasteiger partial charge is 0.458 e. The van der Waals surface area contributed by atoms with Crippen molar-refractivity contribution in [3.63, 3.8) is 0 Å². The summed E-state index contributed by atoms with van der Waals surface area (Å²) in [6.45, 7) is 5.50. The number of nitrogens with zero attached hydrogens (tertiary/aromatic N) is 2. The van der Waals surface area contributed by atoms with E-state index in [0.29, 0.717) is 10.8 Å². The first-order chi connectivity index (χ1) is 12.4. The number of thiazole rings is 1. The fourth-order valence-electron chi connectivity index (χ4n) is 2.13. The fraction of sp³-hybridized carbons (Fsp3) is 0.368. The summed E-state index contributed by atoms with van der Waals surface area (Å²) in [7, 11) is 0. The van der Waals surface area contributed by atoms with Crippen LogP contribution in [0, 0.1) is 32.1 Å². The maximum Gasteiger partial charge on any atom is 0.307 e. The number of ketones is 1. The summed E-state index contributed by atoms with van der Waals surface area (Å²) >= 11 is 2.83. The highest BCUT2D eigenvalue weighted by Gasteiger charge is 2.24. The molecule has 5 nitrogen and oxygen atoms in total. The fourth-order valence-corrected chi connectivity index (χ4v) is 3.92. The number of Topliss-reactive ketones (excluding diaryl/α,β-unsaturated/α-hetero) is 1. The van der Waals surface area contributed by atoms with Crippen molar-refractivity contribution in [3.8, 4) is 6.07 Å². The summed E-state index contributed by atoms with van der Waals surface area (Å²) in [6, 6.07) is 8.09. The second-order valence-corrected chi connectivity index (χ2v) is 7.92. The van der Waals surface area contributed by atoms with Crippen molar-refractivity contribution in [2.75, 3.05) is 12.4 Å². The zero-order valence-corrected chi connectivity index (χ0v) is 16.6. The lowest BCUT2D eigenvalue weighted by molar-refractivity contribution is -0.147. The van der Waals surface area contributed by atoms with Gasteiger partial charge in [-0.25, -0.2) is 4.98 Å². The molecule has 2 rings (SSSR count). The van der Waals surface area contributed by atoms with E-state index in [2.05, 4.69) is 31.0 Å². The van der Waals surface area contributed by atoms with Gasteiger partial charge in [0.1, 0.15) is 5.01 Å². The Balaban J connectivity index is 1.76. The van der Waals surface area contributed by atoms with E-state index in [1.165, 1.54) is 22.5 Å². The lowest BCUT2D eigenvalue weighted by Gasteiger charge is -2.07. The van der Waals surface area contributed by atoms with Crippen molar-refractivity contribution in [1.29, 1.82) is 5.26 Å². The van der Waals surface area contributed by atoms with E-state index < -0.39 is 24.3 Å². The van der Waals surface area contributed by atoms with Gasteiger partial charge in [-0.1, -0.05) is 6.07 Å². The van der Waals surface area contributed by atoms with Crippen molar-refractivity contribution >= 4 is 34.9 Å². The first-order valence-electron chi connectivity index (χ1n) is 8.10. The Morgan fingerprint density at radius 3 is 2.69 bits per heavy atom. The van der Waals surface area contributed by atoms with Crippen molar-refractivity contribution in [2.24, 2.45) is 0 Å². The SMILES string of the molecule is Cc1csc([C@@H](C#N)C(=O)COC(=O)CCSc2ccc(C)c(C)c2)n1. The molecule has 1 aromatic carbocycles. The Hall–Kier alpha value is -2.17. The maximum atomic E-state index is 12.1. The number of carbonyl (C=O) groups excluding carboxylic acids is 2. The topological polar surface area (TPSA) is 80.0 Å². The van der Waals surface area contributed by atoms with E-state index in [4.69, 9.17) is 4.74 Å². The molecule has 0 aliphatic carbocycles. The molecule has 0 saturated heterocycles. The molecule has 1 heterocycles. The highest BCUT2D eigenvalue weighted by Crippen LogP contribution is 2.22. The van der Waals surface area contributed by atoms with Gasteiger partial charge in [0.05, 0.1) is 12.5 Å². The van der Waals surface area contributed by atoms with E-state index >= 15 is 0 Å². The van der Waals surface area contributed by atoms with Crippen LogP contribution < -0.4 is 0 Å². The van der Waals surface area contributed by atoms with Crippen LogP contribution in [0.4, 0.5) is 0 Å². The van der Waals surface area contributed by atoms with Gasteiger partial charge < -0.3 is 4.74 Å². The molecule has 2 aromatic rings. The Bertz CT molecular complexity index is 840. The molecule has 0 amide bonds. The normalized spacial score (nSPS) is 11.6. The highest BCUT2D eigenvalue weighted by atomic mass is 32.2. The minimum absolute atomic E-state index is 0.207. The second-order valence-electron chi connectivity index (χ2n) is 5.86. The number of hydrogen-bond donors (Lipinski definition) is 0. The van der Waals surface area contributed by atoms with E-state index in [0.717, 1.165) is 10.6 Å². The quantitative estimate of drug-likeness (QED) is 0.503. The van der Waals surface area contributed by atoms with Gasteiger partial charge in [0.15, 0.2) is 18.3 Å². The van der Waals surface area contributed by atoms with Crippen LogP contribution in [-0.2, 0) is 14.3 Å². The molecular formula is C19H20N2O3S2. The third-order valence-corrected chi connectivity index (χ3v) is 5.79. The van der Waals surface area contributed by atoms with Gasteiger partial charge in [0, 0.05) is 21.7 Å². The average molecular weight is 389 g/mol. The predicted molar refractivity (Wildman–Crippen MR) is 102 cm³/mol. The van der Waals surface area contributed by atoms with Crippen LogP contribution >= 0.6 is 23.1 Å². The van der Waals surface area contributed by atoms with Gasteiger partial charge in [-0.15, -0.1) is 23.1 Å². The smallest absolute Gasteiger partial charge is 0.307 e. The number of thioether (sulfide) groups is 1. The number of aromatic nitrogens is 1. The number of carbonyl (C=O) groups is 2. The molecule has 0 N–H and O–H groups in total. The zero-order chi connectivity index (χ0) is 19.1. The summed E-state index contributed by atoms with van der Waals surface area (Å²) in [5.41, 5.74) is 3.20. The zero-order valence-electron chi connectivity index (χ0n) is 14.9. The number of nitriles is 1. The molecule has 0 aliphatic heterocycles. The molecule has 0 spiro atoms. The van der Waals surface area contributed by atoms with E-state index in [1.54, 1.807) is 24.1 Å². The Morgan fingerprint density at radius 2 is 2.08 bits per heavy atom. The van der Waals surface area contributed by atoms with Crippen LogP contribution in [0.5, 0.6) is 0 Å². The van der Waals surface area contributed by atoms with Crippen LogP contribution in [0.2, 0.25) is 0 Å². The predicted octanol–water partition coefficient (Wildman–Crippen LogP) is 3.97. The summed E-state index contributed by atoms with van der Waals surface area (Å²) in [5, 5.41) is 11.4. The molecule has 7 heteroatoms. The van der Waals surface area contributed by atoms with Gasteiger partial charge in [0.2, 0.25) is 0 Å². The van der Waals surface area contributed by atoms with Gasteiger partial charge in [-0.3, -0.25) is 9.59 Å². The van der Waals surface area contributed by atoms with Crippen molar-refractivity contribution in [2.45, 2.75) is 38.0 Å². The summed E-state index contributed by atoms with van der Waals surface area (Å²) in [6.07, 6.45) is 0.207. The number of aryl methyl sites for hydroxylation is 3. The van der Waals surface area contributed by atoms with Crippen LogP contribution in [-0.4, -0.2) is 29.1 Å². The molecule has 1 atom stereocenters. The van der Waals surface area contributed by atoms with Gasteiger partial charge in [-0.05, 0) is 44.0 Å². The lowest BCUT2D eigenvalue weighted by atomic mass is 10.1. The minimum atomic E-state index is -0.980. The van der Waals surface area contributed by atoms with Crippen molar-refractivity contribution in [1.82, 2.24) is 4.98 Å². The summed E-state index contributed by atoms with van der Waals surface area (Å²) in [4.78, 5) is 29.2. The Kier molecular flexibility index (Phi) is 7.37. The van der Waals surface area contributed by atoms with Crippen LogP contribution in [0.3, 0.4) is 0 Å². The van der Waals surface area contributed by atoms with Crippen LogP contribution in [0.15, 0.2) is 28.5 Å².